The van der Waals surface area contributed by atoms with Gasteiger partial charge >= 0.3 is 0 Å². The quantitative estimate of drug-likeness (QED) is 0.171. The van der Waals surface area contributed by atoms with Gasteiger partial charge in [-0.3, -0.25) is 0 Å². The van der Waals surface area contributed by atoms with Gasteiger partial charge in [-0.05, 0) is 80.9 Å². The number of hydrogen-bond acceptors (Lipinski definition) is 2. The molecule has 0 aliphatic carbocycles. The SMILES string of the molecule is c1cc(-c2ccc3c(c2)c2ccc4sc5cccc6c7ccccc7c7ccccc7n3c2c4c56)cc(-c2cccc3c2sc2ccccc23)c1. The Morgan fingerprint density at radius 1 is 0.333 bits per heavy atom. The molecule has 0 fully saturated rings. The second kappa shape index (κ2) is 10.3. The highest BCUT2D eigenvalue weighted by Gasteiger charge is 2.20. The Morgan fingerprint density at radius 2 is 0.980 bits per heavy atom. The highest BCUT2D eigenvalue weighted by atomic mass is 32.1. The topological polar surface area (TPSA) is 4.41 Å². The molecule has 0 aliphatic heterocycles. The Bertz CT molecular complexity index is 3410. The summed E-state index contributed by atoms with van der Waals surface area (Å²) in [4.78, 5) is 0. The van der Waals surface area contributed by atoms with Crippen LogP contribution in [-0.4, -0.2) is 4.40 Å². The van der Waals surface area contributed by atoms with Crippen molar-refractivity contribution in [2.45, 2.75) is 0 Å². The predicted octanol–water partition coefficient (Wildman–Crippen LogP) is 14.6. The van der Waals surface area contributed by atoms with Crippen LogP contribution >= 0.6 is 22.7 Å². The maximum Gasteiger partial charge on any atom is 0.0634 e. The smallest absolute Gasteiger partial charge is 0.0634 e. The van der Waals surface area contributed by atoms with Gasteiger partial charge < -0.3 is 4.40 Å². The van der Waals surface area contributed by atoms with Crippen LogP contribution in [0.1, 0.15) is 0 Å². The van der Waals surface area contributed by atoms with Gasteiger partial charge in [-0.15, -0.1) is 22.7 Å². The number of rotatable bonds is 2. The third-order valence-electron chi connectivity index (χ3n) is 11.0. The fourth-order valence-corrected chi connectivity index (χ4v) is 11.1. The molecule has 0 amide bonds. The van der Waals surface area contributed by atoms with Crippen molar-refractivity contribution in [3.8, 4) is 22.3 Å². The highest BCUT2D eigenvalue weighted by Crippen LogP contribution is 2.47. The Balaban J connectivity index is 1.18. The van der Waals surface area contributed by atoms with Gasteiger partial charge in [-0.1, -0.05) is 121 Å². The molecule has 0 radical (unpaired) electrons. The Kier molecular flexibility index (Phi) is 5.59. The fraction of sp³-hybridized carbons (Fsp3) is 0. The first-order valence-corrected chi connectivity index (χ1v) is 19.1. The van der Waals surface area contributed by atoms with Crippen LogP contribution in [0, 0.1) is 0 Å². The number of aromatic nitrogens is 1. The molecule has 0 atom stereocenters. The van der Waals surface area contributed by atoms with Gasteiger partial charge in [0.25, 0.3) is 0 Å². The summed E-state index contributed by atoms with van der Waals surface area (Å²) in [5.74, 6) is 0. The number of thiophene rings is 2. The van der Waals surface area contributed by atoms with E-state index in [1.165, 1.54) is 111 Å². The number of nitrogens with zero attached hydrogens (tertiary/aromatic N) is 1. The first-order chi connectivity index (χ1) is 25.3. The number of para-hydroxylation sites is 1. The summed E-state index contributed by atoms with van der Waals surface area (Å²) in [5.41, 5.74) is 8.75. The van der Waals surface area contributed by atoms with E-state index in [0.29, 0.717) is 0 Å². The molecule has 1 nitrogen and oxygen atoms in total. The summed E-state index contributed by atoms with van der Waals surface area (Å²) < 4.78 is 7.90. The van der Waals surface area contributed by atoms with E-state index in [-0.39, 0.29) is 0 Å². The summed E-state index contributed by atoms with van der Waals surface area (Å²) in [6.45, 7) is 0. The van der Waals surface area contributed by atoms with Gasteiger partial charge in [0.1, 0.15) is 0 Å². The largest absolute Gasteiger partial charge is 0.308 e. The van der Waals surface area contributed by atoms with Crippen LogP contribution in [0.25, 0.3) is 111 Å². The number of benzene rings is 8. The molecule has 0 bridgehead atoms. The number of fused-ring (bicyclic) bond motifs is 11. The van der Waals surface area contributed by atoms with Gasteiger partial charge in [0, 0.05) is 56.5 Å². The van der Waals surface area contributed by atoms with Gasteiger partial charge in [0.2, 0.25) is 0 Å². The summed E-state index contributed by atoms with van der Waals surface area (Å²) in [6, 6.07) is 61.2. The zero-order valence-corrected chi connectivity index (χ0v) is 29.0. The van der Waals surface area contributed by atoms with Gasteiger partial charge in [-0.2, -0.15) is 0 Å². The van der Waals surface area contributed by atoms with Gasteiger partial charge in [-0.25, -0.2) is 0 Å². The van der Waals surface area contributed by atoms with E-state index in [0.717, 1.165) is 0 Å². The van der Waals surface area contributed by atoms with Crippen molar-refractivity contribution >= 4 is 112 Å². The first kappa shape index (κ1) is 27.8. The zero-order valence-electron chi connectivity index (χ0n) is 27.4. The average molecular weight is 682 g/mol. The standard InChI is InChI=1S/C48H27NS2/c1-2-13-33-32(12-1)34-14-3-5-19-40(34)49-41-24-22-29(27-39(41)37-23-25-44-46(47(37)49)45-36(33)17-9-21-43(45)50-44)28-10-7-11-30(26-28)31-16-8-18-38-35-15-4-6-20-42(35)51-48(31)38/h1-27H. The Hall–Kier alpha value is -6.00. The van der Waals surface area contributed by atoms with Crippen LogP contribution in [0.2, 0.25) is 0 Å². The summed E-state index contributed by atoms with van der Waals surface area (Å²) in [7, 11) is 0. The molecule has 0 N–H and O–H groups in total. The molecule has 0 saturated carbocycles. The van der Waals surface area contributed by atoms with E-state index in [4.69, 9.17) is 0 Å². The summed E-state index contributed by atoms with van der Waals surface area (Å²) in [5, 5.41) is 13.1. The molecule has 0 saturated heterocycles. The van der Waals surface area contributed by atoms with Gasteiger partial charge in [0.15, 0.2) is 0 Å². The Morgan fingerprint density at radius 3 is 1.90 bits per heavy atom. The average Bonchev–Trinajstić information content (AvgIpc) is 3.87. The summed E-state index contributed by atoms with van der Waals surface area (Å²) in [6.07, 6.45) is 0. The number of hydrogen-bond donors (Lipinski definition) is 0. The molecule has 0 unspecified atom stereocenters. The minimum atomic E-state index is 1.22. The van der Waals surface area contributed by atoms with Crippen LogP contribution in [0.3, 0.4) is 0 Å². The second-order valence-corrected chi connectivity index (χ2v) is 15.7. The molecule has 8 aromatic carbocycles. The van der Waals surface area contributed by atoms with E-state index in [2.05, 4.69) is 168 Å². The van der Waals surface area contributed by atoms with E-state index in [1.807, 2.05) is 22.7 Å². The maximum atomic E-state index is 2.55. The highest BCUT2D eigenvalue weighted by molar-refractivity contribution is 7.26. The molecular weight excluding hydrogens is 655 g/mol. The van der Waals surface area contributed by atoms with Crippen molar-refractivity contribution in [3.63, 3.8) is 0 Å². The monoisotopic (exact) mass is 681 g/mol. The molecule has 236 valence electrons. The van der Waals surface area contributed by atoms with Crippen molar-refractivity contribution in [1.82, 2.24) is 4.40 Å². The van der Waals surface area contributed by atoms with Crippen molar-refractivity contribution < 1.29 is 0 Å². The molecule has 0 aliphatic rings. The minimum Gasteiger partial charge on any atom is -0.308 e. The fourth-order valence-electron chi connectivity index (χ4n) is 8.75. The van der Waals surface area contributed by atoms with Crippen molar-refractivity contribution in [2.75, 3.05) is 0 Å². The van der Waals surface area contributed by atoms with Crippen LogP contribution in [0.5, 0.6) is 0 Å². The molecule has 12 rings (SSSR count). The van der Waals surface area contributed by atoms with Crippen LogP contribution in [0.15, 0.2) is 164 Å². The lowest BCUT2D eigenvalue weighted by Gasteiger charge is -2.08. The minimum absolute atomic E-state index is 1.22. The molecule has 4 heterocycles. The third kappa shape index (κ3) is 3.80. The third-order valence-corrected chi connectivity index (χ3v) is 13.3. The van der Waals surface area contributed by atoms with E-state index in [1.54, 1.807) is 0 Å². The van der Waals surface area contributed by atoms with Crippen LogP contribution in [0.4, 0.5) is 0 Å². The molecule has 0 spiro atoms. The normalized spacial score (nSPS) is 12.3. The van der Waals surface area contributed by atoms with E-state index in [9.17, 15) is 0 Å². The molecule has 12 aromatic rings. The molecule has 3 heteroatoms. The van der Waals surface area contributed by atoms with Gasteiger partial charge in [0.05, 0.1) is 16.6 Å². The molecule has 4 aromatic heterocycles. The lowest BCUT2D eigenvalue weighted by atomic mass is 9.97. The van der Waals surface area contributed by atoms with Crippen molar-refractivity contribution in [1.29, 1.82) is 0 Å². The lowest BCUT2D eigenvalue weighted by Crippen LogP contribution is -1.87. The predicted molar refractivity (Wildman–Crippen MR) is 224 cm³/mol. The van der Waals surface area contributed by atoms with Crippen molar-refractivity contribution in [3.05, 3.63) is 164 Å². The zero-order chi connectivity index (χ0) is 33.2. The summed E-state index contributed by atoms with van der Waals surface area (Å²) >= 11 is 3.80. The molecular formula is C48H27NS2. The van der Waals surface area contributed by atoms with E-state index < -0.39 is 0 Å². The van der Waals surface area contributed by atoms with Crippen molar-refractivity contribution in [2.24, 2.45) is 0 Å². The van der Waals surface area contributed by atoms with E-state index >= 15 is 0 Å². The maximum absolute atomic E-state index is 2.55. The second-order valence-electron chi connectivity index (χ2n) is 13.6. The molecule has 51 heavy (non-hydrogen) atoms. The first-order valence-electron chi connectivity index (χ1n) is 17.4. The Labute approximate surface area is 300 Å². The lowest BCUT2D eigenvalue weighted by molar-refractivity contribution is 1.36. The van der Waals surface area contributed by atoms with Crippen LogP contribution < -0.4 is 0 Å². The van der Waals surface area contributed by atoms with Crippen LogP contribution in [-0.2, 0) is 0 Å².